The van der Waals surface area contributed by atoms with Gasteiger partial charge in [0.15, 0.2) is 0 Å². The first kappa shape index (κ1) is 13.1. The summed E-state index contributed by atoms with van der Waals surface area (Å²) >= 11 is 0. The molecule has 0 spiro atoms. The molecule has 18 heavy (non-hydrogen) atoms. The summed E-state index contributed by atoms with van der Waals surface area (Å²) < 4.78 is 4.90. The van der Waals surface area contributed by atoms with Crippen molar-refractivity contribution in [1.29, 1.82) is 10.5 Å². The average molecular weight is 243 g/mol. The number of nitrogens with one attached hydrogen (secondary N) is 1. The minimum atomic E-state index is -1.12. The topological polar surface area (TPSA) is 106 Å². The van der Waals surface area contributed by atoms with Gasteiger partial charge in [0.1, 0.15) is 29.0 Å². The lowest BCUT2D eigenvalue weighted by Gasteiger charge is -2.07. The van der Waals surface area contributed by atoms with Gasteiger partial charge in [-0.1, -0.05) is 0 Å². The van der Waals surface area contributed by atoms with E-state index in [-0.39, 0.29) is 16.9 Å². The number of rotatable bonds is 4. The maximum absolute atomic E-state index is 11.0. The average Bonchev–Trinajstić information content (AvgIpc) is 2.39. The largest absolute Gasteiger partial charge is 0.496 e. The molecule has 1 aromatic rings. The van der Waals surface area contributed by atoms with Gasteiger partial charge in [-0.3, -0.25) is 0 Å². The van der Waals surface area contributed by atoms with Crippen LogP contribution >= 0.6 is 0 Å². The second-order valence-corrected chi connectivity index (χ2v) is 3.15. The number of nitriles is 2. The van der Waals surface area contributed by atoms with Crippen molar-refractivity contribution in [2.24, 2.45) is 0 Å². The Bertz CT molecular complexity index is 563. The summed E-state index contributed by atoms with van der Waals surface area (Å²) in [4.78, 5) is 11.0. The van der Waals surface area contributed by atoms with E-state index in [1.54, 1.807) is 18.2 Å². The van der Waals surface area contributed by atoms with Crippen molar-refractivity contribution >= 4 is 11.7 Å². The summed E-state index contributed by atoms with van der Waals surface area (Å²) in [5.41, 5.74) is 0.324. The predicted octanol–water partition coefficient (Wildman–Crippen LogP) is 1.74. The third-order valence-corrected chi connectivity index (χ3v) is 2.05. The normalized spacial score (nSPS) is 8.61. The minimum Gasteiger partial charge on any atom is -0.496 e. The first-order valence-corrected chi connectivity index (χ1v) is 4.80. The summed E-state index contributed by atoms with van der Waals surface area (Å²) in [6.07, 6.45) is 1.20. The lowest BCUT2D eigenvalue weighted by atomic mass is 10.2. The third kappa shape index (κ3) is 3.00. The highest BCUT2D eigenvalue weighted by Gasteiger charge is 2.11. The van der Waals surface area contributed by atoms with E-state index in [9.17, 15) is 4.79 Å². The van der Waals surface area contributed by atoms with E-state index in [1.807, 2.05) is 0 Å². The van der Waals surface area contributed by atoms with Crippen LogP contribution < -0.4 is 10.1 Å². The molecule has 2 N–H and O–H groups in total. The van der Waals surface area contributed by atoms with Gasteiger partial charge in [0.05, 0.1) is 7.11 Å². The van der Waals surface area contributed by atoms with E-state index in [2.05, 4.69) is 5.32 Å². The second kappa shape index (κ2) is 5.92. The van der Waals surface area contributed by atoms with Gasteiger partial charge in [-0.25, -0.2) is 4.79 Å². The van der Waals surface area contributed by atoms with Crippen LogP contribution in [-0.2, 0) is 0 Å². The molecular formula is C12H9N3O3. The zero-order chi connectivity index (χ0) is 13.5. The molecule has 1 aromatic carbocycles. The molecule has 90 valence electrons. The molecule has 0 saturated heterocycles. The predicted molar refractivity (Wildman–Crippen MR) is 62.9 cm³/mol. The van der Waals surface area contributed by atoms with Crippen LogP contribution in [0.2, 0.25) is 0 Å². The molecule has 0 fully saturated rings. The minimum absolute atomic E-state index is 0.00800. The molecular weight excluding hydrogens is 234 g/mol. The Labute approximate surface area is 103 Å². The van der Waals surface area contributed by atoms with Gasteiger partial charge in [-0.15, -0.1) is 0 Å². The smallest absolute Gasteiger partial charge is 0.339 e. The van der Waals surface area contributed by atoms with E-state index in [4.69, 9.17) is 20.4 Å². The van der Waals surface area contributed by atoms with Crippen molar-refractivity contribution in [3.8, 4) is 17.9 Å². The van der Waals surface area contributed by atoms with Gasteiger partial charge in [-0.05, 0) is 18.2 Å². The Hall–Kier alpha value is -2.99. The number of anilines is 1. The first-order chi connectivity index (χ1) is 8.62. The van der Waals surface area contributed by atoms with E-state index < -0.39 is 5.97 Å². The molecule has 0 aliphatic heterocycles. The van der Waals surface area contributed by atoms with Crippen molar-refractivity contribution < 1.29 is 14.6 Å². The van der Waals surface area contributed by atoms with Crippen LogP contribution in [0.1, 0.15) is 10.4 Å². The standard InChI is InChI=1S/C12H9N3O3/c1-18-11-3-2-9(4-10(11)12(16)17)15-7-8(5-13)6-14/h2-4,7,15H,1H3,(H,16,17). The molecule has 0 amide bonds. The van der Waals surface area contributed by atoms with E-state index in [1.165, 1.54) is 25.4 Å². The zero-order valence-corrected chi connectivity index (χ0v) is 9.47. The van der Waals surface area contributed by atoms with Crippen LogP contribution in [0.4, 0.5) is 5.69 Å². The fourth-order valence-corrected chi connectivity index (χ4v) is 1.21. The number of carbonyl (C=O) groups is 1. The number of benzene rings is 1. The van der Waals surface area contributed by atoms with Gasteiger partial charge in [0.25, 0.3) is 0 Å². The van der Waals surface area contributed by atoms with Gasteiger partial charge >= 0.3 is 5.97 Å². The monoisotopic (exact) mass is 243 g/mol. The second-order valence-electron chi connectivity index (χ2n) is 3.15. The highest BCUT2D eigenvalue weighted by molar-refractivity contribution is 5.92. The molecule has 0 bridgehead atoms. The molecule has 0 aliphatic rings. The maximum Gasteiger partial charge on any atom is 0.339 e. The number of carboxylic acid groups (broad SMARTS) is 1. The SMILES string of the molecule is COc1ccc(NC=C(C#N)C#N)cc1C(=O)O. The van der Waals surface area contributed by atoms with Gasteiger partial charge in [-0.2, -0.15) is 10.5 Å². The highest BCUT2D eigenvalue weighted by atomic mass is 16.5. The highest BCUT2D eigenvalue weighted by Crippen LogP contribution is 2.22. The van der Waals surface area contributed by atoms with Gasteiger partial charge < -0.3 is 15.2 Å². The molecule has 0 saturated carbocycles. The third-order valence-electron chi connectivity index (χ3n) is 2.05. The van der Waals surface area contributed by atoms with Crippen LogP contribution in [0.25, 0.3) is 0 Å². The molecule has 0 unspecified atom stereocenters. The fraction of sp³-hybridized carbons (Fsp3) is 0.0833. The van der Waals surface area contributed by atoms with E-state index >= 15 is 0 Å². The molecule has 0 radical (unpaired) electrons. The molecule has 1 rings (SSSR count). The van der Waals surface area contributed by atoms with Crippen LogP contribution in [0.3, 0.4) is 0 Å². The number of ether oxygens (including phenoxy) is 1. The van der Waals surface area contributed by atoms with Gasteiger partial charge in [0, 0.05) is 11.9 Å². The van der Waals surface area contributed by atoms with Crippen LogP contribution in [-0.4, -0.2) is 18.2 Å². The van der Waals surface area contributed by atoms with Crippen molar-refractivity contribution in [3.63, 3.8) is 0 Å². The van der Waals surface area contributed by atoms with E-state index in [0.717, 1.165) is 0 Å². The summed E-state index contributed by atoms with van der Waals surface area (Å²) in [6.45, 7) is 0. The Morgan fingerprint density at radius 1 is 1.44 bits per heavy atom. The number of hydrogen-bond donors (Lipinski definition) is 2. The van der Waals surface area contributed by atoms with Crippen molar-refractivity contribution in [3.05, 3.63) is 35.5 Å². The summed E-state index contributed by atoms with van der Waals surface area (Å²) in [5, 5.41) is 28.7. The zero-order valence-electron chi connectivity index (χ0n) is 9.47. The van der Waals surface area contributed by atoms with Crippen molar-refractivity contribution in [2.45, 2.75) is 0 Å². The van der Waals surface area contributed by atoms with Crippen molar-refractivity contribution in [2.75, 3.05) is 12.4 Å². The molecule has 6 heteroatoms. The number of aromatic carboxylic acids is 1. The van der Waals surface area contributed by atoms with Gasteiger partial charge in [0.2, 0.25) is 0 Å². The maximum atomic E-state index is 11.0. The number of carboxylic acids is 1. The molecule has 0 aliphatic carbocycles. The number of hydrogen-bond acceptors (Lipinski definition) is 5. The van der Waals surface area contributed by atoms with Crippen LogP contribution in [0.5, 0.6) is 5.75 Å². The van der Waals surface area contributed by atoms with Crippen LogP contribution in [0, 0.1) is 22.7 Å². The van der Waals surface area contributed by atoms with Crippen LogP contribution in [0.15, 0.2) is 30.0 Å². The number of allylic oxidation sites excluding steroid dienone is 1. The van der Waals surface area contributed by atoms with Crippen molar-refractivity contribution in [1.82, 2.24) is 0 Å². The fourth-order valence-electron chi connectivity index (χ4n) is 1.21. The summed E-state index contributed by atoms with van der Waals surface area (Å²) in [5.74, 6) is -0.891. The lowest BCUT2D eigenvalue weighted by Crippen LogP contribution is -2.01. The Morgan fingerprint density at radius 2 is 2.11 bits per heavy atom. The Kier molecular flexibility index (Phi) is 4.30. The Morgan fingerprint density at radius 3 is 2.61 bits per heavy atom. The lowest BCUT2D eigenvalue weighted by molar-refractivity contribution is 0.0693. The quantitative estimate of drug-likeness (QED) is 0.780. The number of nitrogens with zero attached hydrogens (tertiary/aromatic N) is 2. The molecule has 0 atom stereocenters. The Balaban J connectivity index is 3.04. The summed E-state index contributed by atoms with van der Waals surface area (Å²) in [7, 11) is 1.37. The first-order valence-electron chi connectivity index (χ1n) is 4.80. The number of methoxy groups -OCH3 is 1. The summed E-state index contributed by atoms with van der Waals surface area (Å²) in [6, 6.07) is 7.77. The molecule has 6 nitrogen and oxygen atoms in total. The molecule has 0 heterocycles. The van der Waals surface area contributed by atoms with E-state index in [0.29, 0.717) is 5.69 Å². The molecule has 0 aromatic heterocycles.